The third-order valence-corrected chi connectivity index (χ3v) is 4.70. The van der Waals surface area contributed by atoms with Gasteiger partial charge in [0.05, 0.1) is 37.5 Å². The van der Waals surface area contributed by atoms with Gasteiger partial charge in [0.25, 0.3) is 5.91 Å². The maximum absolute atomic E-state index is 12.5. The molecule has 1 saturated heterocycles. The maximum atomic E-state index is 12.5. The number of likely N-dealkylation sites (tertiary alicyclic amines) is 1. The van der Waals surface area contributed by atoms with Crippen molar-refractivity contribution in [3.8, 4) is 0 Å². The van der Waals surface area contributed by atoms with E-state index in [0.717, 1.165) is 29.7 Å². The molecule has 0 saturated carbocycles. The van der Waals surface area contributed by atoms with Gasteiger partial charge in [0.2, 0.25) is 0 Å². The minimum atomic E-state index is -0.396. The van der Waals surface area contributed by atoms with Crippen molar-refractivity contribution in [3.63, 3.8) is 0 Å². The van der Waals surface area contributed by atoms with Crippen molar-refractivity contribution in [1.82, 2.24) is 0 Å². The molecule has 1 aliphatic rings. The summed E-state index contributed by atoms with van der Waals surface area (Å²) in [6, 6.07) is 5.39. The molecule has 0 radical (unpaired) electrons. The number of likely N-dealkylation sites (N-methyl/N-ethyl adjacent to an activating group) is 1. The van der Waals surface area contributed by atoms with E-state index >= 15 is 0 Å². The highest BCUT2D eigenvalue weighted by molar-refractivity contribution is 6.02. The van der Waals surface area contributed by atoms with Crippen LogP contribution in [0.3, 0.4) is 0 Å². The molecular weight excluding hydrogens is 292 g/mol. The topological polar surface area (TPSA) is 55.4 Å². The summed E-state index contributed by atoms with van der Waals surface area (Å²) in [6.07, 6.45) is 2.36. The van der Waals surface area contributed by atoms with E-state index in [1.807, 2.05) is 13.0 Å². The van der Waals surface area contributed by atoms with Gasteiger partial charge in [-0.1, -0.05) is 12.1 Å². The zero-order valence-corrected chi connectivity index (χ0v) is 14.4. The van der Waals surface area contributed by atoms with E-state index in [0.29, 0.717) is 24.4 Å². The van der Waals surface area contributed by atoms with Crippen LogP contribution >= 0.6 is 0 Å². The Hall–Kier alpha value is -1.88. The van der Waals surface area contributed by atoms with Gasteiger partial charge in [0.1, 0.15) is 0 Å². The van der Waals surface area contributed by atoms with Gasteiger partial charge in [-0.25, -0.2) is 4.79 Å². The fraction of sp³-hybridized carbons (Fsp3) is 0.556. The van der Waals surface area contributed by atoms with E-state index in [1.165, 1.54) is 12.8 Å². The molecule has 0 unspecified atom stereocenters. The van der Waals surface area contributed by atoms with Gasteiger partial charge in [0.15, 0.2) is 6.54 Å². The molecule has 0 bridgehead atoms. The summed E-state index contributed by atoms with van der Waals surface area (Å²) in [6.45, 7) is 9.66. The molecule has 1 heterocycles. The van der Waals surface area contributed by atoms with Crippen LogP contribution in [0.5, 0.6) is 0 Å². The number of rotatable bonds is 6. The minimum Gasteiger partial charge on any atom is -0.462 e. The molecule has 0 atom stereocenters. The van der Waals surface area contributed by atoms with E-state index in [4.69, 9.17) is 4.74 Å². The quantitative estimate of drug-likeness (QED) is 0.648. The Bertz CT molecular complexity index is 578. The molecule has 1 aromatic carbocycles. The SMILES string of the molecule is CCOC(=O)c1cccc(C)c1NC(=O)C[N+]1(CC)CCCC1. The number of nitrogens with zero attached hydrogens (tertiary/aromatic N) is 1. The predicted molar refractivity (Wildman–Crippen MR) is 90.4 cm³/mol. The Kier molecular flexibility index (Phi) is 5.77. The fourth-order valence-corrected chi connectivity index (χ4v) is 3.29. The zero-order chi connectivity index (χ0) is 16.9. The second-order valence-electron chi connectivity index (χ2n) is 6.24. The average molecular weight is 319 g/mol. The summed E-state index contributed by atoms with van der Waals surface area (Å²) >= 11 is 0. The summed E-state index contributed by atoms with van der Waals surface area (Å²) in [5, 5.41) is 2.95. The molecule has 126 valence electrons. The number of anilines is 1. The van der Waals surface area contributed by atoms with Crippen LogP contribution in [0.1, 0.15) is 42.6 Å². The van der Waals surface area contributed by atoms with Gasteiger partial charge in [-0.3, -0.25) is 4.79 Å². The Labute approximate surface area is 138 Å². The van der Waals surface area contributed by atoms with Gasteiger partial charge >= 0.3 is 5.97 Å². The third kappa shape index (κ3) is 4.10. The highest BCUT2D eigenvalue weighted by Crippen LogP contribution is 2.23. The van der Waals surface area contributed by atoms with Crippen LogP contribution in [0.2, 0.25) is 0 Å². The Morgan fingerprint density at radius 3 is 2.52 bits per heavy atom. The van der Waals surface area contributed by atoms with E-state index in [1.54, 1.807) is 19.1 Å². The first-order chi connectivity index (χ1) is 11.0. The highest BCUT2D eigenvalue weighted by Gasteiger charge is 2.32. The van der Waals surface area contributed by atoms with Gasteiger partial charge in [-0.15, -0.1) is 0 Å². The molecular formula is C18H27N2O3+. The molecule has 1 amide bonds. The lowest BCUT2D eigenvalue weighted by Crippen LogP contribution is -2.50. The maximum Gasteiger partial charge on any atom is 0.340 e. The smallest absolute Gasteiger partial charge is 0.340 e. The van der Waals surface area contributed by atoms with Crippen LogP contribution in [0.15, 0.2) is 18.2 Å². The zero-order valence-electron chi connectivity index (χ0n) is 14.4. The van der Waals surface area contributed by atoms with E-state index in [-0.39, 0.29) is 5.91 Å². The first kappa shape index (κ1) is 17.5. The molecule has 1 aromatic rings. The van der Waals surface area contributed by atoms with Crippen molar-refractivity contribution in [1.29, 1.82) is 0 Å². The fourth-order valence-electron chi connectivity index (χ4n) is 3.29. The summed E-state index contributed by atoms with van der Waals surface area (Å²) < 4.78 is 5.93. The second-order valence-corrected chi connectivity index (χ2v) is 6.24. The number of hydrogen-bond acceptors (Lipinski definition) is 3. The van der Waals surface area contributed by atoms with Crippen LogP contribution in [0, 0.1) is 6.92 Å². The molecule has 5 nitrogen and oxygen atoms in total. The number of benzene rings is 1. The number of para-hydroxylation sites is 1. The summed E-state index contributed by atoms with van der Waals surface area (Å²) in [4.78, 5) is 24.6. The lowest BCUT2D eigenvalue weighted by atomic mass is 10.1. The normalized spacial score (nSPS) is 16.1. The number of aryl methyl sites for hydroxylation is 1. The summed E-state index contributed by atoms with van der Waals surface area (Å²) in [7, 11) is 0. The first-order valence-electron chi connectivity index (χ1n) is 8.43. The van der Waals surface area contributed by atoms with Crippen LogP contribution in [0.25, 0.3) is 0 Å². The van der Waals surface area contributed by atoms with E-state index in [9.17, 15) is 9.59 Å². The van der Waals surface area contributed by atoms with Crippen molar-refractivity contribution in [2.75, 3.05) is 38.1 Å². The summed E-state index contributed by atoms with van der Waals surface area (Å²) in [5.41, 5.74) is 1.86. The lowest BCUT2D eigenvalue weighted by Gasteiger charge is -2.32. The van der Waals surface area contributed by atoms with Crippen molar-refractivity contribution in [3.05, 3.63) is 29.3 Å². The largest absolute Gasteiger partial charge is 0.462 e. The van der Waals surface area contributed by atoms with Crippen molar-refractivity contribution >= 4 is 17.6 Å². The van der Waals surface area contributed by atoms with Crippen molar-refractivity contribution < 1.29 is 18.8 Å². The number of nitrogens with one attached hydrogen (secondary N) is 1. The second kappa shape index (κ2) is 7.59. The number of amides is 1. The monoisotopic (exact) mass is 319 g/mol. The molecule has 5 heteroatoms. The predicted octanol–water partition coefficient (Wildman–Crippen LogP) is 2.74. The molecule has 1 fully saturated rings. The lowest BCUT2D eigenvalue weighted by molar-refractivity contribution is -0.907. The van der Waals surface area contributed by atoms with Crippen LogP contribution < -0.4 is 5.32 Å². The standard InChI is InChI=1S/C18H26N2O3/c1-4-20(11-6-7-12-20)13-16(21)19-17-14(3)9-8-10-15(17)18(22)23-5-2/h8-10H,4-7,11-13H2,1-3H3/p+1. The third-order valence-electron chi connectivity index (χ3n) is 4.70. The molecule has 23 heavy (non-hydrogen) atoms. The highest BCUT2D eigenvalue weighted by atomic mass is 16.5. The molecule has 0 spiro atoms. The van der Waals surface area contributed by atoms with Gasteiger partial charge in [-0.2, -0.15) is 0 Å². The van der Waals surface area contributed by atoms with E-state index in [2.05, 4.69) is 12.2 Å². The first-order valence-corrected chi connectivity index (χ1v) is 8.43. The number of carbonyl (C=O) groups excluding carboxylic acids is 2. The van der Waals surface area contributed by atoms with Gasteiger partial charge in [0, 0.05) is 12.8 Å². The van der Waals surface area contributed by atoms with Crippen molar-refractivity contribution in [2.24, 2.45) is 0 Å². The molecule has 2 rings (SSSR count). The van der Waals surface area contributed by atoms with Gasteiger partial charge in [-0.05, 0) is 32.4 Å². The molecule has 0 aromatic heterocycles. The number of carbonyl (C=O) groups is 2. The number of esters is 1. The molecule has 1 N–H and O–H groups in total. The molecule has 1 aliphatic heterocycles. The number of ether oxygens (including phenoxy) is 1. The Morgan fingerprint density at radius 1 is 1.22 bits per heavy atom. The average Bonchev–Trinajstić information content (AvgIpc) is 2.98. The van der Waals surface area contributed by atoms with E-state index < -0.39 is 5.97 Å². The van der Waals surface area contributed by atoms with Crippen LogP contribution in [-0.2, 0) is 9.53 Å². The summed E-state index contributed by atoms with van der Waals surface area (Å²) in [5.74, 6) is -0.430. The Morgan fingerprint density at radius 2 is 1.91 bits per heavy atom. The van der Waals surface area contributed by atoms with Crippen LogP contribution in [0.4, 0.5) is 5.69 Å². The van der Waals surface area contributed by atoms with Crippen LogP contribution in [-0.4, -0.2) is 49.1 Å². The van der Waals surface area contributed by atoms with Gasteiger partial charge < -0.3 is 14.5 Å². The number of quaternary nitrogens is 1. The Balaban J connectivity index is 2.15. The minimum absolute atomic E-state index is 0.0337. The molecule has 0 aliphatic carbocycles. The number of hydrogen-bond donors (Lipinski definition) is 1. The van der Waals surface area contributed by atoms with Crippen molar-refractivity contribution in [2.45, 2.75) is 33.6 Å².